The first-order valence-electron chi connectivity index (χ1n) is 10.7. The number of ether oxygens (including phenoxy) is 1. The van der Waals surface area contributed by atoms with Gasteiger partial charge in [-0.25, -0.2) is 14.5 Å². The summed E-state index contributed by atoms with van der Waals surface area (Å²) in [5, 5.41) is 4.56. The first kappa shape index (κ1) is 20.7. The first-order chi connectivity index (χ1) is 16.0. The second-order valence-corrected chi connectivity index (χ2v) is 8.27. The number of aromatic nitrogens is 2. The molecule has 2 aromatic carbocycles. The van der Waals surface area contributed by atoms with Gasteiger partial charge in [-0.2, -0.15) is 5.10 Å². The lowest BCUT2D eigenvalue weighted by Crippen LogP contribution is -2.25. The number of para-hydroxylation sites is 1. The highest BCUT2D eigenvalue weighted by molar-refractivity contribution is 6.08. The Kier molecular flexibility index (Phi) is 5.05. The van der Waals surface area contributed by atoms with E-state index < -0.39 is 0 Å². The van der Waals surface area contributed by atoms with E-state index in [2.05, 4.69) is 10.1 Å². The number of aliphatic imine (C=N–C) groups is 1. The molecular formula is C25H23N5O3. The van der Waals surface area contributed by atoms with Crippen LogP contribution in [0.4, 0.5) is 16.2 Å². The molecule has 0 radical (unpaired) electrons. The number of rotatable bonds is 5. The summed E-state index contributed by atoms with van der Waals surface area (Å²) in [4.78, 5) is 31.1. The number of hydrogen-bond donors (Lipinski definition) is 1. The molecule has 3 aromatic rings. The number of amides is 1. The van der Waals surface area contributed by atoms with Crippen molar-refractivity contribution in [2.45, 2.75) is 25.4 Å². The molecule has 0 bridgehead atoms. The van der Waals surface area contributed by atoms with Gasteiger partial charge in [-0.05, 0) is 67.9 Å². The Labute approximate surface area is 190 Å². The zero-order chi connectivity index (χ0) is 23.0. The van der Waals surface area contributed by atoms with Gasteiger partial charge < -0.3 is 10.5 Å². The van der Waals surface area contributed by atoms with E-state index in [1.165, 1.54) is 12.3 Å². The van der Waals surface area contributed by atoms with Crippen LogP contribution in [0.2, 0.25) is 0 Å². The maximum absolute atomic E-state index is 12.6. The molecule has 1 saturated carbocycles. The number of benzene rings is 2. The van der Waals surface area contributed by atoms with Crippen LogP contribution >= 0.6 is 0 Å². The van der Waals surface area contributed by atoms with Crippen LogP contribution in [0.25, 0.3) is 5.69 Å². The SMILES string of the molecule is Cc1cc(N2CC3(CC3)OC2=O)ccc1-n1ccc(=O)c(C(C=CN)=Nc2ccccc2)n1. The number of carbonyl (C=O) groups is 1. The molecule has 166 valence electrons. The molecule has 2 N–H and O–H groups in total. The lowest BCUT2D eigenvalue weighted by atomic mass is 10.1. The van der Waals surface area contributed by atoms with E-state index in [-0.39, 0.29) is 22.8 Å². The number of carbonyl (C=O) groups excluding carboxylic acids is 1. The van der Waals surface area contributed by atoms with Gasteiger partial charge in [0.25, 0.3) is 0 Å². The average molecular weight is 441 g/mol. The summed E-state index contributed by atoms with van der Waals surface area (Å²) >= 11 is 0. The summed E-state index contributed by atoms with van der Waals surface area (Å²) in [7, 11) is 0. The Balaban J connectivity index is 1.50. The third-order valence-electron chi connectivity index (χ3n) is 5.83. The second kappa shape index (κ2) is 8.05. The van der Waals surface area contributed by atoms with Crippen LogP contribution in [0.1, 0.15) is 24.1 Å². The summed E-state index contributed by atoms with van der Waals surface area (Å²) in [6.45, 7) is 2.52. The van der Waals surface area contributed by atoms with Crippen molar-refractivity contribution in [3.63, 3.8) is 0 Å². The fourth-order valence-corrected chi connectivity index (χ4v) is 3.91. The van der Waals surface area contributed by atoms with Gasteiger partial charge in [0.05, 0.1) is 23.6 Å². The van der Waals surface area contributed by atoms with E-state index in [9.17, 15) is 9.59 Å². The lowest BCUT2D eigenvalue weighted by Gasteiger charge is -2.16. The number of hydrogen-bond acceptors (Lipinski definition) is 6. The minimum Gasteiger partial charge on any atom is -0.441 e. The fourth-order valence-electron chi connectivity index (χ4n) is 3.91. The van der Waals surface area contributed by atoms with Gasteiger partial charge in [0.1, 0.15) is 5.60 Å². The summed E-state index contributed by atoms with van der Waals surface area (Å²) in [5.74, 6) is 0. The Morgan fingerprint density at radius 3 is 2.61 bits per heavy atom. The minimum atomic E-state index is -0.307. The van der Waals surface area contributed by atoms with Gasteiger partial charge >= 0.3 is 6.09 Å². The maximum atomic E-state index is 12.6. The molecule has 1 aliphatic heterocycles. The van der Waals surface area contributed by atoms with Crippen molar-refractivity contribution < 1.29 is 9.53 Å². The highest BCUT2D eigenvalue weighted by atomic mass is 16.6. The van der Waals surface area contributed by atoms with E-state index >= 15 is 0 Å². The third kappa shape index (κ3) is 4.03. The third-order valence-corrected chi connectivity index (χ3v) is 5.83. The normalized spacial score (nSPS) is 17.1. The lowest BCUT2D eigenvalue weighted by molar-refractivity contribution is 0.129. The van der Waals surface area contributed by atoms with E-state index in [0.717, 1.165) is 29.8 Å². The quantitative estimate of drug-likeness (QED) is 0.609. The monoisotopic (exact) mass is 441 g/mol. The highest BCUT2D eigenvalue weighted by Gasteiger charge is 2.54. The van der Waals surface area contributed by atoms with E-state index in [0.29, 0.717) is 17.9 Å². The Hall–Kier alpha value is -4.20. The van der Waals surface area contributed by atoms with Crippen molar-refractivity contribution in [3.05, 3.63) is 94.6 Å². The molecule has 1 amide bonds. The number of allylic oxidation sites excluding steroid dienone is 1. The number of aryl methyl sites for hydroxylation is 1. The van der Waals surface area contributed by atoms with Crippen molar-refractivity contribution >= 4 is 23.2 Å². The van der Waals surface area contributed by atoms with Gasteiger partial charge in [0.2, 0.25) is 5.43 Å². The van der Waals surface area contributed by atoms with Crippen LogP contribution in [0.3, 0.4) is 0 Å². The zero-order valence-corrected chi connectivity index (χ0v) is 18.1. The standard InChI is InChI=1S/C25H23N5O3/c1-17-15-19(29-16-25(11-12-25)33-24(29)32)7-8-21(17)30-14-10-22(31)23(28-30)20(9-13-26)27-18-5-3-2-4-6-18/h2-10,13-15H,11-12,16,26H2,1H3. The Morgan fingerprint density at radius 1 is 1.15 bits per heavy atom. The molecule has 1 saturated heterocycles. The summed E-state index contributed by atoms with van der Waals surface area (Å²) in [6.07, 6.45) is 6.04. The second-order valence-electron chi connectivity index (χ2n) is 8.27. The van der Waals surface area contributed by atoms with Crippen molar-refractivity contribution in [2.24, 2.45) is 10.7 Å². The zero-order valence-electron chi connectivity index (χ0n) is 18.1. The first-order valence-corrected chi connectivity index (χ1v) is 10.7. The van der Waals surface area contributed by atoms with Gasteiger partial charge in [-0.3, -0.25) is 9.69 Å². The van der Waals surface area contributed by atoms with Crippen molar-refractivity contribution in [1.29, 1.82) is 0 Å². The average Bonchev–Trinajstić information content (AvgIpc) is 3.48. The molecule has 5 rings (SSSR count). The van der Waals surface area contributed by atoms with Crippen molar-refractivity contribution in [3.8, 4) is 5.69 Å². The molecule has 2 heterocycles. The van der Waals surface area contributed by atoms with Crippen molar-refractivity contribution in [2.75, 3.05) is 11.4 Å². The van der Waals surface area contributed by atoms with Crippen LogP contribution < -0.4 is 16.1 Å². The van der Waals surface area contributed by atoms with E-state index in [1.807, 2.05) is 55.5 Å². The highest BCUT2D eigenvalue weighted by Crippen LogP contribution is 2.45. The van der Waals surface area contributed by atoms with Crippen LogP contribution in [-0.2, 0) is 4.74 Å². The largest absolute Gasteiger partial charge is 0.441 e. The smallest absolute Gasteiger partial charge is 0.415 e. The summed E-state index contributed by atoms with van der Waals surface area (Å²) in [6, 6.07) is 16.4. The molecule has 1 spiro atoms. The predicted octanol–water partition coefficient (Wildman–Crippen LogP) is 3.62. The molecule has 2 fully saturated rings. The minimum absolute atomic E-state index is 0.185. The van der Waals surface area contributed by atoms with Gasteiger partial charge in [-0.15, -0.1) is 0 Å². The topological polar surface area (TPSA) is 103 Å². The van der Waals surface area contributed by atoms with E-state index in [4.69, 9.17) is 10.5 Å². The molecule has 8 nitrogen and oxygen atoms in total. The van der Waals surface area contributed by atoms with Gasteiger partial charge in [0.15, 0.2) is 5.69 Å². The van der Waals surface area contributed by atoms with Crippen molar-refractivity contribution in [1.82, 2.24) is 9.78 Å². The predicted molar refractivity (Wildman–Crippen MR) is 126 cm³/mol. The maximum Gasteiger partial charge on any atom is 0.415 e. The van der Waals surface area contributed by atoms with E-state index in [1.54, 1.807) is 21.9 Å². The molecule has 2 aliphatic rings. The van der Waals surface area contributed by atoms with Crippen LogP contribution in [-0.4, -0.2) is 33.7 Å². The number of nitrogens with two attached hydrogens (primary N) is 1. The molecule has 0 unspecified atom stereocenters. The number of nitrogens with zero attached hydrogens (tertiary/aromatic N) is 4. The molecule has 33 heavy (non-hydrogen) atoms. The van der Waals surface area contributed by atoms with Crippen LogP contribution in [0, 0.1) is 6.92 Å². The molecular weight excluding hydrogens is 418 g/mol. The Morgan fingerprint density at radius 2 is 1.94 bits per heavy atom. The van der Waals surface area contributed by atoms with Crippen LogP contribution in [0.5, 0.6) is 0 Å². The van der Waals surface area contributed by atoms with Gasteiger partial charge in [0, 0.05) is 18.0 Å². The molecule has 0 atom stereocenters. The number of anilines is 1. The Bertz CT molecular complexity index is 1340. The summed E-state index contributed by atoms with van der Waals surface area (Å²) < 4.78 is 7.14. The fraction of sp³-hybridized carbons (Fsp3) is 0.200. The molecule has 1 aromatic heterocycles. The van der Waals surface area contributed by atoms with Crippen LogP contribution in [0.15, 0.2) is 82.9 Å². The summed E-state index contributed by atoms with van der Waals surface area (Å²) in [5.41, 5.74) is 8.77. The molecule has 8 heteroatoms. The molecule has 1 aliphatic carbocycles. The van der Waals surface area contributed by atoms with Gasteiger partial charge in [-0.1, -0.05) is 18.2 Å².